The van der Waals surface area contributed by atoms with Gasteiger partial charge in [-0.1, -0.05) is 31.9 Å². The van der Waals surface area contributed by atoms with E-state index in [4.69, 9.17) is 4.74 Å². The fourth-order valence-corrected chi connectivity index (χ4v) is 6.53. The number of halogens is 6. The van der Waals surface area contributed by atoms with Crippen molar-refractivity contribution in [3.8, 4) is 11.5 Å². The van der Waals surface area contributed by atoms with Gasteiger partial charge in [0.05, 0.1) is 24.1 Å². The van der Waals surface area contributed by atoms with Gasteiger partial charge in [0, 0.05) is 14.5 Å². The standard InChI is InChI=1S/C15H8Br6N2O3/c16-6-1-10(19)15(11(20)2-6)26-5-12(24)23-22-4-7-8(17)3-9(18)14(25)13(7)21/h1-4,25H,5H2,(H,23,24)/b22-4-. The Morgan fingerprint density at radius 2 is 1.65 bits per heavy atom. The summed E-state index contributed by atoms with van der Waals surface area (Å²) in [6.45, 7) is -0.218. The van der Waals surface area contributed by atoms with Crippen LogP contribution in [0.4, 0.5) is 0 Å². The van der Waals surface area contributed by atoms with Crippen LogP contribution >= 0.6 is 95.6 Å². The summed E-state index contributed by atoms with van der Waals surface area (Å²) in [5.41, 5.74) is 2.95. The number of rotatable bonds is 5. The summed E-state index contributed by atoms with van der Waals surface area (Å²) >= 11 is 20.0. The van der Waals surface area contributed by atoms with Crippen molar-refractivity contribution >= 4 is 108 Å². The highest BCUT2D eigenvalue weighted by Gasteiger charge is 2.13. The van der Waals surface area contributed by atoms with Crippen molar-refractivity contribution in [2.75, 3.05) is 6.61 Å². The number of phenolic OH excluding ortho intramolecular Hbond substituents is 1. The minimum Gasteiger partial charge on any atom is -0.506 e. The van der Waals surface area contributed by atoms with Crippen LogP contribution in [0, 0.1) is 0 Å². The molecule has 2 rings (SSSR count). The maximum atomic E-state index is 11.9. The van der Waals surface area contributed by atoms with Gasteiger partial charge < -0.3 is 9.84 Å². The number of phenols is 1. The third kappa shape index (κ3) is 5.78. The Balaban J connectivity index is 2.00. The van der Waals surface area contributed by atoms with Gasteiger partial charge in [-0.2, -0.15) is 5.10 Å². The van der Waals surface area contributed by atoms with Crippen LogP contribution in [-0.4, -0.2) is 23.8 Å². The number of carbonyl (C=O) groups excluding carboxylic acids is 1. The van der Waals surface area contributed by atoms with Gasteiger partial charge in [-0.25, -0.2) is 5.43 Å². The maximum absolute atomic E-state index is 11.9. The minimum absolute atomic E-state index is 0.0363. The summed E-state index contributed by atoms with van der Waals surface area (Å²) in [5, 5.41) is 13.8. The third-order valence-electron chi connectivity index (χ3n) is 2.87. The molecule has 0 saturated heterocycles. The van der Waals surface area contributed by atoms with E-state index < -0.39 is 5.91 Å². The molecular formula is C15H8Br6N2O3. The van der Waals surface area contributed by atoms with E-state index in [2.05, 4.69) is 106 Å². The summed E-state index contributed by atoms with van der Waals surface area (Å²) in [4.78, 5) is 11.9. The van der Waals surface area contributed by atoms with Crippen molar-refractivity contribution in [2.45, 2.75) is 0 Å². The molecule has 138 valence electrons. The topological polar surface area (TPSA) is 70.9 Å². The molecule has 0 atom stereocenters. The molecule has 0 aliphatic carbocycles. The predicted molar refractivity (Wildman–Crippen MR) is 122 cm³/mol. The molecule has 0 bridgehead atoms. The SMILES string of the molecule is O=C(COc1c(Br)cc(Br)cc1Br)N/N=C\c1c(Br)cc(Br)c(O)c1Br. The summed E-state index contributed by atoms with van der Waals surface area (Å²) in [6.07, 6.45) is 1.41. The zero-order chi connectivity index (χ0) is 19.4. The van der Waals surface area contributed by atoms with E-state index in [9.17, 15) is 9.90 Å². The van der Waals surface area contributed by atoms with Gasteiger partial charge in [0.25, 0.3) is 5.91 Å². The van der Waals surface area contributed by atoms with Crippen molar-refractivity contribution < 1.29 is 14.6 Å². The monoisotopic (exact) mass is 738 g/mol. The fourth-order valence-electron chi connectivity index (χ4n) is 1.72. The minimum atomic E-state index is -0.434. The molecule has 0 radical (unpaired) electrons. The first-order valence-electron chi connectivity index (χ1n) is 6.66. The van der Waals surface area contributed by atoms with Gasteiger partial charge >= 0.3 is 0 Å². The number of nitrogens with one attached hydrogen (secondary N) is 1. The number of benzene rings is 2. The zero-order valence-corrected chi connectivity index (χ0v) is 22.0. The Bertz CT molecular complexity index is 865. The third-order valence-corrected chi connectivity index (χ3v) is 6.57. The summed E-state index contributed by atoms with van der Waals surface area (Å²) < 4.78 is 9.43. The van der Waals surface area contributed by atoms with E-state index in [0.717, 1.165) is 4.47 Å². The highest BCUT2D eigenvalue weighted by atomic mass is 79.9. The van der Waals surface area contributed by atoms with E-state index in [1.165, 1.54) is 6.21 Å². The number of nitrogens with zero attached hydrogens (tertiary/aromatic N) is 1. The second kappa shape index (κ2) is 10.0. The lowest BCUT2D eigenvalue weighted by Gasteiger charge is -2.10. The van der Waals surface area contributed by atoms with Gasteiger partial charge in [0.1, 0.15) is 11.5 Å². The number of hydrogen-bond acceptors (Lipinski definition) is 4. The average molecular weight is 744 g/mol. The first-order valence-corrected chi connectivity index (χ1v) is 11.4. The molecule has 2 aromatic carbocycles. The van der Waals surface area contributed by atoms with Gasteiger partial charge in [0.2, 0.25) is 0 Å². The Kier molecular flexibility index (Phi) is 8.61. The van der Waals surface area contributed by atoms with Crippen molar-refractivity contribution in [1.29, 1.82) is 0 Å². The van der Waals surface area contributed by atoms with Gasteiger partial charge in [-0.15, -0.1) is 0 Å². The largest absolute Gasteiger partial charge is 0.506 e. The first-order chi connectivity index (χ1) is 12.2. The summed E-state index contributed by atoms with van der Waals surface area (Å²) in [6, 6.07) is 5.30. The van der Waals surface area contributed by atoms with Crippen molar-refractivity contribution in [1.82, 2.24) is 5.43 Å². The predicted octanol–water partition coefficient (Wildman–Crippen LogP) is 6.50. The van der Waals surface area contributed by atoms with Crippen LogP contribution in [0.3, 0.4) is 0 Å². The van der Waals surface area contributed by atoms with Crippen molar-refractivity contribution in [3.05, 3.63) is 50.6 Å². The molecular weight excluding hydrogens is 736 g/mol. The molecule has 0 fully saturated rings. The van der Waals surface area contributed by atoms with Gasteiger partial charge in [-0.3, -0.25) is 4.79 Å². The van der Waals surface area contributed by atoms with Crippen molar-refractivity contribution in [2.24, 2.45) is 5.10 Å². The van der Waals surface area contributed by atoms with Crippen LogP contribution in [0.1, 0.15) is 5.56 Å². The molecule has 5 nitrogen and oxygen atoms in total. The van der Waals surface area contributed by atoms with E-state index in [-0.39, 0.29) is 12.4 Å². The molecule has 0 aliphatic rings. The molecule has 1 amide bonds. The number of amides is 1. The number of hydrogen-bond donors (Lipinski definition) is 2. The fraction of sp³-hybridized carbons (Fsp3) is 0.0667. The molecule has 2 N–H and O–H groups in total. The quantitative estimate of drug-likeness (QED) is 0.272. The van der Waals surface area contributed by atoms with Gasteiger partial charge in [-0.05, 0) is 81.9 Å². The Labute approximate surface area is 199 Å². The molecule has 0 aromatic heterocycles. The van der Waals surface area contributed by atoms with E-state index in [1.807, 2.05) is 12.1 Å². The van der Waals surface area contributed by atoms with Crippen LogP contribution in [0.2, 0.25) is 0 Å². The Morgan fingerprint density at radius 1 is 1.04 bits per heavy atom. The van der Waals surface area contributed by atoms with Crippen LogP contribution in [0.25, 0.3) is 0 Å². The van der Waals surface area contributed by atoms with E-state index >= 15 is 0 Å². The Hall–Kier alpha value is 0.0600. The number of carbonyl (C=O) groups is 1. The lowest BCUT2D eigenvalue weighted by molar-refractivity contribution is -0.123. The normalized spacial score (nSPS) is 11.0. The Morgan fingerprint density at radius 3 is 2.27 bits per heavy atom. The molecule has 26 heavy (non-hydrogen) atoms. The number of ether oxygens (including phenoxy) is 1. The first kappa shape index (κ1) is 22.4. The average Bonchev–Trinajstić information content (AvgIpc) is 2.55. The van der Waals surface area contributed by atoms with Crippen LogP contribution in [0.15, 0.2) is 50.1 Å². The van der Waals surface area contributed by atoms with E-state index in [0.29, 0.717) is 33.7 Å². The summed E-state index contributed by atoms with van der Waals surface area (Å²) in [7, 11) is 0. The highest BCUT2D eigenvalue weighted by molar-refractivity contribution is 9.12. The molecule has 0 saturated carbocycles. The zero-order valence-electron chi connectivity index (χ0n) is 12.5. The number of aromatic hydroxyl groups is 1. The van der Waals surface area contributed by atoms with E-state index in [1.54, 1.807) is 6.07 Å². The molecule has 2 aromatic rings. The van der Waals surface area contributed by atoms with Crippen LogP contribution < -0.4 is 10.2 Å². The lowest BCUT2D eigenvalue weighted by Crippen LogP contribution is -2.24. The van der Waals surface area contributed by atoms with Gasteiger partial charge in [0.15, 0.2) is 6.61 Å². The smallest absolute Gasteiger partial charge is 0.277 e. The molecule has 0 heterocycles. The van der Waals surface area contributed by atoms with Crippen LogP contribution in [-0.2, 0) is 4.79 Å². The van der Waals surface area contributed by atoms with Crippen LogP contribution in [0.5, 0.6) is 11.5 Å². The molecule has 0 aliphatic heterocycles. The number of hydrazone groups is 1. The maximum Gasteiger partial charge on any atom is 0.277 e. The summed E-state index contributed by atoms with van der Waals surface area (Å²) in [5.74, 6) is 0.112. The van der Waals surface area contributed by atoms with Crippen molar-refractivity contribution in [3.63, 3.8) is 0 Å². The second-order valence-corrected chi connectivity index (χ2v) is 9.82. The lowest BCUT2D eigenvalue weighted by atomic mass is 10.2. The molecule has 0 spiro atoms. The second-order valence-electron chi connectivity index (χ2n) is 4.70. The highest BCUT2D eigenvalue weighted by Crippen LogP contribution is 2.38. The molecule has 0 unspecified atom stereocenters. The molecule has 11 heteroatoms.